The van der Waals surface area contributed by atoms with Gasteiger partial charge >= 0.3 is 6.54 Å². The van der Waals surface area contributed by atoms with Gasteiger partial charge in [0.15, 0.2) is 0 Å². The van der Waals surface area contributed by atoms with E-state index in [1.165, 1.54) is 0 Å². The molecule has 42 valence electrons. The van der Waals surface area contributed by atoms with Crippen molar-refractivity contribution in [3.63, 3.8) is 0 Å². The molecule has 7 heavy (non-hydrogen) atoms. The highest BCUT2D eigenvalue weighted by Crippen LogP contribution is 2.10. The molecule has 0 aromatic rings. The van der Waals surface area contributed by atoms with Crippen molar-refractivity contribution in [2.45, 2.75) is 19.6 Å². The van der Waals surface area contributed by atoms with Crippen molar-refractivity contribution in [1.29, 1.82) is 0 Å². The van der Waals surface area contributed by atoms with Gasteiger partial charge in [0.2, 0.25) is 0 Å². The SMILES string of the molecule is CC1COC(F)O1. The smallest absolute Gasteiger partial charge is 0.309 e. The molecular formula is C4H7FO2. The second-order valence-corrected chi connectivity index (χ2v) is 1.55. The Balaban J connectivity index is 2.26. The van der Waals surface area contributed by atoms with E-state index in [1.807, 2.05) is 0 Å². The molecule has 3 heteroatoms. The van der Waals surface area contributed by atoms with Crippen LogP contribution in [-0.2, 0) is 9.47 Å². The van der Waals surface area contributed by atoms with Gasteiger partial charge in [-0.25, -0.2) is 0 Å². The lowest BCUT2D eigenvalue weighted by Gasteiger charge is -1.94. The molecule has 1 heterocycles. The number of hydrogen-bond acceptors (Lipinski definition) is 2. The van der Waals surface area contributed by atoms with Crippen molar-refractivity contribution in [1.82, 2.24) is 0 Å². The minimum Gasteiger partial charge on any atom is -0.324 e. The molecule has 1 aliphatic heterocycles. The normalized spacial score (nSPS) is 42.0. The van der Waals surface area contributed by atoms with Crippen molar-refractivity contribution in [2.75, 3.05) is 6.61 Å². The molecule has 1 rings (SSSR count). The molecule has 0 aromatic carbocycles. The molecule has 2 atom stereocenters. The molecule has 0 bridgehead atoms. The highest BCUT2D eigenvalue weighted by molar-refractivity contribution is 4.51. The average molecular weight is 106 g/mol. The standard InChI is InChI=1S/C4H7FO2/c1-3-2-6-4(5)7-3/h3-4H,2H2,1H3. The van der Waals surface area contributed by atoms with Crippen LogP contribution in [0.25, 0.3) is 0 Å². The van der Waals surface area contributed by atoms with Crippen LogP contribution in [0.4, 0.5) is 4.39 Å². The fourth-order valence-corrected chi connectivity index (χ4v) is 0.472. The second-order valence-electron chi connectivity index (χ2n) is 1.55. The lowest BCUT2D eigenvalue weighted by Crippen LogP contribution is -2.02. The zero-order chi connectivity index (χ0) is 5.28. The minimum absolute atomic E-state index is 0.0741. The highest BCUT2D eigenvalue weighted by atomic mass is 19.2. The zero-order valence-electron chi connectivity index (χ0n) is 4.06. The summed E-state index contributed by atoms with van der Waals surface area (Å²) in [5.41, 5.74) is 0. The summed E-state index contributed by atoms with van der Waals surface area (Å²) in [6.07, 6.45) is -0.0741. The zero-order valence-corrected chi connectivity index (χ0v) is 4.06. The summed E-state index contributed by atoms with van der Waals surface area (Å²) < 4.78 is 20.6. The van der Waals surface area contributed by atoms with Crippen LogP contribution in [0.15, 0.2) is 0 Å². The third-order valence-electron chi connectivity index (χ3n) is 0.801. The van der Waals surface area contributed by atoms with Crippen molar-refractivity contribution in [3.05, 3.63) is 0 Å². The van der Waals surface area contributed by atoms with Gasteiger partial charge in [0.05, 0.1) is 12.7 Å². The fourth-order valence-electron chi connectivity index (χ4n) is 0.472. The van der Waals surface area contributed by atoms with Crippen LogP contribution in [0.2, 0.25) is 0 Å². The topological polar surface area (TPSA) is 18.5 Å². The van der Waals surface area contributed by atoms with Crippen molar-refractivity contribution >= 4 is 0 Å². The summed E-state index contributed by atoms with van der Waals surface area (Å²) in [5.74, 6) is 0. The molecule has 0 spiro atoms. The van der Waals surface area contributed by atoms with Gasteiger partial charge in [-0.15, -0.1) is 0 Å². The molecule has 0 aliphatic carbocycles. The first-order valence-electron chi connectivity index (χ1n) is 2.20. The monoisotopic (exact) mass is 106 g/mol. The lowest BCUT2D eigenvalue weighted by atomic mass is 10.5. The van der Waals surface area contributed by atoms with Crippen LogP contribution in [0, 0.1) is 0 Å². The quantitative estimate of drug-likeness (QED) is 0.452. The van der Waals surface area contributed by atoms with E-state index in [0.717, 1.165) is 0 Å². The average Bonchev–Trinajstić information content (AvgIpc) is 1.87. The summed E-state index contributed by atoms with van der Waals surface area (Å²) in [4.78, 5) is 0. The van der Waals surface area contributed by atoms with Crippen LogP contribution < -0.4 is 0 Å². The molecule has 0 saturated carbocycles. The summed E-state index contributed by atoms with van der Waals surface area (Å²) >= 11 is 0. The second kappa shape index (κ2) is 1.76. The van der Waals surface area contributed by atoms with Crippen LogP contribution in [0.5, 0.6) is 0 Å². The Bertz CT molecular complexity index is 58.7. The summed E-state index contributed by atoms with van der Waals surface area (Å²) in [6.45, 7) is 0.663. The molecular weight excluding hydrogens is 99.0 g/mol. The maximum absolute atomic E-state index is 11.7. The van der Waals surface area contributed by atoms with Gasteiger partial charge in [0, 0.05) is 0 Å². The fraction of sp³-hybridized carbons (Fsp3) is 1.00. The first-order valence-corrected chi connectivity index (χ1v) is 2.20. The Morgan fingerprint density at radius 2 is 2.43 bits per heavy atom. The van der Waals surface area contributed by atoms with Crippen molar-refractivity contribution < 1.29 is 13.9 Å². The Labute approximate surface area is 41.2 Å². The van der Waals surface area contributed by atoms with E-state index in [4.69, 9.17) is 0 Å². The third-order valence-corrected chi connectivity index (χ3v) is 0.801. The molecule has 0 N–H and O–H groups in total. The highest BCUT2D eigenvalue weighted by Gasteiger charge is 2.20. The largest absolute Gasteiger partial charge is 0.324 e. The number of halogens is 1. The van der Waals surface area contributed by atoms with E-state index < -0.39 is 6.54 Å². The van der Waals surface area contributed by atoms with E-state index in [9.17, 15) is 4.39 Å². The molecule has 0 radical (unpaired) electrons. The van der Waals surface area contributed by atoms with E-state index in [1.54, 1.807) is 6.92 Å². The Morgan fingerprint density at radius 1 is 1.71 bits per heavy atom. The van der Waals surface area contributed by atoms with E-state index in [0.29, 0.717) is 6.61 Å². The number of alkyl halides is 1. The number of ether oxygens (including phenoxy) is 2. The first kappa shape index (κ1) is 5.00. The van der Waals surface area contributed by atoms with Gasteiger partial charge in [-0.1, -0.05) is 0 Å². The van der Waals surface area contributed by atoms with Gasteiger partial charge in [-0.05, 0) is 6.92 Å². The maximum Gasteiger partial charge on any atom is 0.309 e. The van der Waals surface area contributed by atoms with E-state index >= 15 is 0 Å². The third kappa shape index (κ3) is 1.11. The Hall–Kier alpha value is -0.150. The van der Waals surface area contributed by atoms with Crippen LogP contribution in [0.3, 0.4) is 0 Å². The minimum atomic E-state index is -1.48. The summed E-state index contributed by atoms with van der Waals surface area (Å²) in [5, 5.41) is 0. The predicted molar refractivity (Wildman–Crippen MR) is 21.4 cm³/mol. The van der Waals surface area contributed by atoms with Crippen molar-refractivity contribution in [2.24, 2.45) is 0 Å². The predicted octanol–water partition coefficient (Wildman–Crippen LogP) is 0.675. The molecule has 2 unspecified atom stereocenters. The van der Waals surface area contributed by atoms with Gasteiger partial charge < -0.3 is 9.47 Å². The molecule has 1 fully saturated rings. The molecule has 0 amide bonds. The van der Waals surface area contributed by atoms with Crippen molar-refractivity contribution in [3.8, 4) is 0 Å². The summed E-state index contributed by atoms with van der Waals surface area (Å²) in [7, 11) is 0. The molecule has 0 aromatic heterocycles. The lowest BCUT2D eigenvalue weighted by molar-refractivity contribution is -0.147. The number of rotatable bonds is 0. The van der Waals surface area contributed by atoms with Crippen LogP contribution in [-0.4, -0.2) is 19.3 Å². The van der Waals surface area contributed by atoms with Gasteiger partial charge in [-0.3, -0.25) is 0 Å². The summed E-state index contributed by atoms with van der Waals surface area (Å²) in [6, 6.07) is 0. The molecule has 1 saturated heterocycles. The first-order chi connectivity index (χ1) is 3.29. The Kier molecular flexibility index (Phi) is 1.25. The van der Waals surface area contributed by atoms with Crippen LogP contribution >= 0.6 is 0 Å². The van der Waals surface area contributed by atoms with Crippen LogP contribution in [0.1, 0.15) is 6.92 Å². The molecule has 2 nitrogen and oxygen atoms in total. The van der Waals surface area contributed by atoms with Gasteiger partial charge in [0.1, 0.15) is 0 Å². The Morgan fingerprint density at radius 3 is 2.57 bits per heavy atom. The number of hydrogen-bond donors (Lipinski definition) is 0. The van der Waals surface area contributed by atoms with E-state index in [2.05, 4.69) is 9.47 Å². The van der Waals surface area contributed by atoms with Gasteiger partial charge in [-0.2, -0.15) is 4.39 Å². The van der Waals surface area contributed by atoms with Gasteiger partial charge in [0.25, 0.3) is 0 Å². The molecule has 1 aliphatic rings. The maximum atomic E-state index is 11.7. The van der Waals surface area contributed by atoms with E-state index in [-0.39, 0.29) is 6.10 Å².